The molecule has 2 aromatic heterocycles. The van der Waals surface area contributed by atoms with Gasteiger partial charge in [0.2, 0.25) is 0 Å². The number of nitriles is 1. The van der Waals surface area contributed by atoms with Crippen LogP contribution in [-0.2, 0) is 11.3 Å². The molecular weight excluding hydrogens is 450 g/mol. The van der Waals surface area contributed by atoms with Crippen LogP contribution in [0.15, 0.2) is 97.5 Å². The third kappa shape index (κ3) is 5.75. The van der Waals surface area contributed by atoms with Crippen molar-refractivity contribution in [2.24, 2.45) is 0 Å². The van der Waals surface area contributed by atoms with Crippen molar-refractivity contribution in [3.8, 4) is 28.8 Å². The lowest BCUT2D eigenvalue weighted by Crippen LogP contribution is -2.24. The number of hydrogen-bond donors (Lipinski definition) is 1. The van der Waals surface area contributed by atoms with E-state index in [0.717, 1.165) is 28.1 Å². The molecule has 2 aromatic carbocycles. The molecule has 1 amide bonds. The van der Waals surface area contributed by atoms with Crippen LogP contribution < -0.4 is 10.1 Å². The van der Waals surface area contributed by atoms with Gasteiger partial charge in [0.15, 0.2) is 0 Å². The monoisotopic (exact) mass is 475 g/mol. The fourth-order valence-corrected chi connectivity index (χ4v) is 3.65. The molecule has 0 spiro atoms. The van der Waals surface area contributed by atoms with Gasteiger partial charge < -0.3 is 10.1 Å². The molecule has 0 aliphatic rings. The highest BCUT2D eigenvalue weighted by atomic mass is 16.5. The van der Waals surface area contributed by atoms with Gasteiger partial charge in [0.1, 0.15) is 29.7 Å². The third-order valence-electron chi connectivity index (χ3n) is 5.42. The van der Waals surface area contributed by atoms with Gasteiger partial charge in [-0.05, 0) is 60.5 Å². The number of amides is 1. The summed E-state index contributed by atoms with van der Waals surface area (Å²) in [4.78, 5) is 16.9. The van der Waals surface area contributed by atoms with Gasteiger partial charge in [-0.25, -0.2) is 4.68 Å². The second-order valence-electron chi connectivity index (χ2n) is 8.00. The number of hydrogen-bond acceptors (Lipinski definition) is 5. The van der Waals surface area contributed by atoms with Crippen LogP contribution in [0.1, 0.15) is 16.7 Å². The lowest BCUT2D eigenvalue weighted by molar-refractivity contribution is -0.117. The first-order valence-corrected chi connectivity index (χ1v) is 11.4. The van der Waals surface area contributed by atoms with Crippen LogP contribution in [0.5, 0.6) is 5.75 Å². The molecule has 36 heavy (non-hydrogen) atoms. The number of rotatable bonds is 9. The molecule has 0 aliphatic heterocycles. The van der Waals surface area contributed by atoms with Crippen molar-refractivity contribution in [3.63, 3.8) is 0 Å². The lowest BCUT2D eigenvalue weighted by Gasteiger charge is -2.09. The first-order chi connectivity index (χ1) is 17.6. The van der Waals surface area contributed by atoms with Crippen molar-refractivity contribution in [2.75, 3.05) is 6.61 Å². The van der Waals surface area contributed by atoms with Crippen molar-refractivity contribution < 1.29 is 9.53 Å². The Bertz CT molecular complexity index is 1430. The Kier molecular flexibility index (Phi) is 7.69. The van der Waals surface area contributed by atoms with Crippen molar-refractivity contribution in [2.45, 2.75) is 13.5 Å². The molecule has 0 saturated heterocycles. The van der Waals surface area contributed by atoms with Gasteiger partial charge in [0, 0.05) is 36.3 Å². The number of aryl methyl sites for hydroxylation is 1. The summed E-state index contributed by atoms with van der Waals surface area (Å²) in [5.74, 6) is 0.257. The maximum absolute atomic E-state index is 12.8. The zero-order valence-electron chi connectivity index (χ0n) is 19.9. The van der Waals surface area contributed by atoms with Crippen LogP contribution in [0.2, 0.25) is 0 Å². The number of carbonyl (C=O) groups excluding carboxylic acids is 1. The molecule has 1 N–H and O–H groups in total. The SMILES string of the molecule is C=CCOc1ccc(-c2nn(-c3ccccc3)cc2/C=C(\C#N)C(=O)NCc2cccnc2)c(C)c1. The number of para-hydroxylation sites is 1. The number of ether oxygens (including phenoxy) is 1. The molecule has 0 unspecified atom stereocenters. The summed E-state index contributed by atoms with van der Waals surface area (Å²) >= 11 is 0. The van der Waals surface area contributed by atoms with Gasteiger partial charge in [0.25, 0.3) is 5.91 Å². The Balaban J connectivity index is 1.71. The molecular formula is C29H25N5O2. The van der Waals surface area contributed by atoms with Gasteiger partial charge in [-0.3, -0.25) is 9.78 Å². The van der Waals surface area contributed by atoms with E-state index in [2.05, 4.69) is 16.9 Å². The highest BCUT2D eigenvalue weighted by molar-refractivity contribution is 6.02. The van der Waals surface area contributed by atoms with Gasteiger partial charge >= 0.3 is 0 Å². The third-order valence-corrected chi connectivity index (χ3v) is 5.42. The molecule has 0 saturated carbocycles. The fourth-order valence-electron chi connectivity index (χ4n) is 3.65. The second-order valence-corrected chi connectivity index (χ2v) is 8.00. The van der Waals surface area contributed by atoms with Crippen molar-refractivity contribution in [3.05, 3.63) is 114 Å². The van der Waals surface area contributed by atoms with E-state index in [-0.39, 0.29) is 12.1 Å². The summed E-state index contributed by atoms with van der Waals surface area (Å²) in [6, 6.07) is 21.1. The van der Waals surface area contributed by atoms with E-state index in [4.69, 9.17) is 9.84 Å². The predicted octanol–water partition coefficient (Wildman–Crippen LogP) is 5.03. The quantitative estimate of drug-likeness (QED) is 0.208. The standard InChI is InChI=1S/C29H25N5O2/c1-3-14-36-26-11-12-27(21(2)15-26)28-24(20-34(33-28)25-9-5-4-6-10-25)16-23(17-30)29(35)32-19-22-8-7-13-31-18-22/h3-13,15-16,18,20H,1,14,19H2,2H3,(H,32,35)/b23-16+. The Hall–Kier alpha value is -4.96. The topological polar surface area (TPSA) is 92.8 Å². The molecule has 178 valence electrons. The largest absolute Gasteiger partial charge is 0.490 e. The Morgan fingerprint density at radius 1 is 1.19 bits per heavy atom. The molecule has 0 atom stereocenters. The summed E-state index contributed by atoms with van der Waals surface area (Å²) < 4.78 is 7.39. The van der Waals surface area contributed by atoms with E-state index in [0.29, 0.717) is 17.9 Å². The number of nitrogens with one attached hydrogen (secondary N) is 1. The summed E-state index contributed by atoms with van der Waals surface area (Å²) in [6.45, 7) is 6.33. The van der Waals surface area contributed by atoms with Crippen LogP contribution in [-0.4, -0.2) is 27.3 Å². The first-order valence-electron chi connectivity index (χ1n) is 11.4. The van der Waals surface area contributed by atoms with E-state index in [1.54, 1.807) is 35.3 Å². The lowest BCUT2D eigenvalue weighted by atomic mass is 10.0. The van der Waals surface area contributed by atoms with E-state index in [1.165, 1.54) is 0 Å². The normalized spacial score (nSPS) is 10.9. The molecule has 2 heterocycles. The van der Waals surface area contributed by atoms with Gasteiger partial charge in [-0.2, -0.15) is 10.4 Å². The molecule has 0 radical (unpaired) electrons. The number of benzene rings is 2. The highest BCUT2D eigenvalue weighted by Crippen LogP contribution is 2.30. The fraction of sp³-hybridized carbons (Fsp3) is 0.103. The average Bonchev–Trinajstić information content (AvgIpc) is 3.33. The Labute approximate surface area is 210 Å². The molecule has 7 heteroatoms. The number of pyridine rings is 1. The van der Waals surface area contributed by atoms with E-state index >= 15 is 0 Å². The van der Waals surface area contributed by atoms with E-state index in [1.807, 2.05) is 73.8 Å². The number of carbonyl (C=O) groups is 1. The molecule has 0 bridgehead atoms. The Morgan fingerprint density at radius 2 is 2.03 bits per heavy atom. The van der Waals surface area contributed by atoms with E-state index < -0.39 is 5.91 Å². The highest BCUT2D eigenvalue weighted by Gasteiger charge is 2.17. The minimum absolute atomic E-state index is 0.0173. The smallest absolute Gasteiger partial charge is 0.262 e. The van der Waals surface area contributed by atoms with Crippen molar-refractivity contribution >= 4 is 12.0 Å². The zero-order chi connectivity index (χ0) is 25.3. The predicted molar refractivity (Wildman–Crippen MR) is 139 cm³/mol. The maximum Gasteiger partial charge on any atom is 0.262 e. The van der Waals surface area contributed by atoms with Crippen LogP contribution in [0.3, 0.4) is 0 Å². The maximum atomic E-state index is 12.8. The minimum Gasteiger partial charge on any atom is -0.490 e. The number of aromatic nitrogens is 3. The second kappa shape index (κ2) is 11.4. The summed E-state index contributed by atoms with van der Waals surface area (Å²) in [5, 5.41) is 17.4. The molecule has 0 fully saturated rings. The van der Waals surface area contributed by atoms with Crippen molar-refractivity contribution in [1.29, 1.82) is 5.26 Å². The van der Waals surface area contributed by atoms with E-state index in [9.17, 15) is 10.1 Å². The van der Waals surface area contributed by atoms with Crippen LogP contribution in [0, 0.1) is 18.3 Å². The summed E-state index contributed by atoms with van der Waals surface area (Å²) in [6.07, 6.45) is 8.41. The Morgan fingerprint density at radius 3 is 2.72 bits per heavy atom. The molecule has 0 aliphatic carbocycles. The average molecular weight is 476 g/mol. The van der Waals surface area contributed by atoms with Crippen molar-refractivity contribution in [1.82, 2.24) is 20.1 Å². The number of nitrogens with zero attached hydrogens (tertiary/aromatic N) is 4. The van der Waals surface area contributed by atoms with Gasteiger partial charge in [-0.15, -0.1) is 0 Å². The minimum atomic E-state index is -0.468. The summed E-state index contributed by atoms with van der Waals surface area (Å²) in [5.41, 5.74) is 4.81. The molecule has 7 nitrogen and oxygen atoms in total. The van der Waals surface area contributed by atoms with Crippen LogP contribution in [0.25, 0.3) is 23.0 Å². The van der Waals surface area contributed by atoms with Crippen LogP contribution >= 0.6 is 0 Å². The first kappa shape index (κ1) is 24.2. The summed E-state index contributed by atoms with van der Waals surface area (Å²) in [7, 11) is 0. The van der Waals surface area contributed by atoms with Crippen LogP contribution in [0.4, 0.5) is 0 Å². The van der Waals surface area contributed by atoms with Gasteiger partial charge in [0.05, 0.1) is 5.69 Å². The van der Waals surface area contributed by atoms with Gasteiger partial charge in [-0.1, -0.05) is 36.9 Å². The molecule has 4 aromatic rings. The molecule has 4 rings (SSSR count). The zero-order valence-corrected chi connectivity index (χ0v) is 19.9.